The smallest absolute Gasteiger partial charge is 0.329 e. The van der Waals surface area contributed by atoms with Gasteiger partial charge in [-0.25, -0.2) is 4.79 Å². The monoisotopic (exact) mass is 357 g/mol. The zero-order valence-electron chi connectivity index (χ0n) is 14.6. The third-order valence-corrected chi connectivity index (χ3v) is 5.96. The molecule has 7 heteroatoms. The van der Waals surface area contributed by atoms with Crippen LogP contribution in [0, 0.1) is 5.92 Å². The second kappa shape index (κ2) is 6.39. The predicted octanol–water partition coefficient (Wildman–Crippen LogP) is 0.843. The molecule has 1 aliphatic heterocycles. The van der Waals surface area contributed by atoms with Crippen molar-refractivity contribution in [1.29, 1.82) is 0 Å². The minimum Gasteiger partial charge on any atom is -0.389 e. The lowest BCUT2D eigenvalue weighted by molar-refractivity contribution is -0.144. The average Bonchev–Trinajstić information content (AvgIpc) is 2.64. The number of hydrogen-bond acceptors (Lipinski definition) is 4. The van der Waals surface area contributed by atoms with Gasteiger partial charge in [0.25, 0.3) is 5.56 Å². The lowest BCUT2D eigenvalue weighted by Crippen LogP contribution is -2.55. The van der Waals surface area contributed by atoms with Gasteiger partial charge < -0.3 is 15.0 Å². The second-order valence-corrected chi connectivity index (χ2v) is 7.50. The van der Waals surface area contributed by atoms with E-state index in [0.29, 0.717) is 30.4 Å². The van der Waals surface area contributed by atoms with Crippen LogP contribution in [0.2, 0.25) is 0 Å². The number of H-pyrrole nitrogens is 1. The van der Waals surface area contributed by atoms with Gasteiger partial charge >= 0.3 is 5.69 Å². The van der Waals surface area contributed by atoms with Crippen LogP contribution < -0.4 is 11.2 Å². The fraction of sp³-hybridized carbons (Fsp3) is 0.526. The van der Waals surface area contributed by atoms with Crippen LogP contribution in [0.5, 0.6) is 0 Å². The number of benzene rings is 1. The molecular weight excluding hydrogens is 334 g/mol. The summed E-state index contributed by atoms with van der Waals surface area (Å²) in [5.41, 5.74) is -1.22. The number of piperidine rings is 1. The van der Waals surface area contributed by atoms with E-state index in [1.54, 1.807) is 29.2 Å². The highest BCUT2D eigenvalue weighted by Crippen LogP contribution is 2.39. The van der Waals surface area contributed by atoms with Gasteiger partial charge in [-0.3, -0.25) is 14.2 Å². The highest BCUT2D eigenvalue weighted by Gasteiger charge is 2.43. The molecule has 1 amide bonds. The summed E-state index contributed by atoms with van der Waals surface area (Å²) in [6, 6.07) is 6.77. The lowest BCUT2D eigenvalue weighted by atomic mass is 9.71. The molecule has 2 N–H and O–H groups in total. The number of carbonyl (C=O) groups excluding carboxylic acids is 1. The Kier molecular flexibility index (Phi) is 4.19. The molecule has 2 aliphatic rings. The average molecular weight is 357 g/mol. The van der Waals surface area contributed by atoms with Crippen LogP contribution in [-0.2, 0) is 11.3 Å². The van der Waals surface area contributed by atoms with E-state index in [4.69, 9.17) is 0 Å². The summed E-state index contributed by atoms with van der Waals surface area (Å²) in [6.07, 6.45) is 4.37. The van der Waals surface area contributed by atoms with E-state index in [1.807, 2.05) is 0 Å². The number of amides is 1. The molecular formula is C19H23N3O4. The van der Waals surface area contributed by atoms with Crippen molar-refractivity contribution in [3.63, 3.8) is 0 Å². The van der Waals surface area contributed by atoms with Crippen LogP contribution in [0.1, 0.15) is 32.1 Å². The first kappa shape index (κ1) is 17.0. The maximum absolute atomic E-state index is 12.7. The second-order valence-electron chi connectivity index (χ2n) is 7.50. The lowest BCUT2D eigenvalue weighted by Gasteiger charge is -2.47. The van der Waals surface area contributed by atoms with Crippen molar-refractivity contribution in [3.8, 4) is 0 Å². The molecule has 1 aliphatic carbocycles. The number of hydrogen-bond donors (Lipinski definition) is 2. The highest BCUT2D eigenvalue weighted by molar-refractivity contribution is 5.79. The Labute approximate surface area is 150 Å². The van der Waals surface area contributed by atoms with Crippen molar-refractivity contribution in [2.24, 2.45) is 5.92 Å². The molecule has 2 atom stereocenters. The maximum atomic E-state index is 12.7. The van der Waals surface area contributed by atoms with Crippen LogP contribution >= 0.6 is 0 Å². The van der Waals surface area contributed by atoms with Gasteiger partial charge in [-0.1, -0.05) is 25.0 Å². The fourth-order valence-corrected chi connectivity index (χ4v) is 4.38. The Morgan fingerprint density at radius 1 is 1.23 bits per heavy atom. The molecule has 1 saturated heterocycles. The van der Waals surface area contributed by atoms with Crippen molar-refractivity contribution in [1.82, 2.24) is 14.5 Å². The first-order valence-corrected chi connectivity index (χ1v) is 9.20. The molecule has 0 unspecified atom stereocenters. The molecule has 138 valence electrons. The molecule has 0 spiro atoms. The van der Waals surface area contributed by atoms with E-state index < -0.39 is 16.9 Å². The molecule has 2 heterocycles. The summed E-state index contributed by atoms with van der Waals surface area (Å²) < 4.78 is 0.965. The van der Waals surface area contributed by atoms with Gasteiger partial charge in [0.2, 0.25) is 5.91 Å². The molecule has 26 heavy (non-hydrogen) atoms. The summed E-state index contributed by atoms with van der Waals surface area (Å²) >= 11 is 0. The van der Waals surface area contributed by atoms with Gasteiger partial charge in [0.15, 0.2) is 0 Å². The minimum absolute atomic E-state index is 0.0839. The molecule has 2 aromatic rings. The molecule has 2 fully saturated rings. The number of nitrogens with one attached hydrogen (secondary N) is 1. The topological polar surface area (TPSA) is 95.4 Å². The van der Waals surface area contributed by atoms with Crippen molar-refractivity contribution in [3.05, 3.63) is 45.1 Å². The number of aromatic nitrogens is 2. The van der Waals surface area contributed by atoms with Gasteiger partial charge in [-0.2, -0.15) is 0 Å². The summed E-state index contributed by atoms with van der Waals surface area (Å²) in [7, 11) is 0. The summed E-state index contributed by atoms with van der Waals surface area (Å²) in [6.45, 7) is 0.686. The van der Waals surface area contributed by atoms with E-state index in [-0.39, 0.29) is 18.4 Å². The Hall–Kier alpha value is -2.41. The van der Waals surface area contributed by atoms with Gasteiger partial charge in [-0.05, 0) is 31.4 Å². The zero-order valence-corrected chi connectivity index (χ0v) is 14.6. The summed E-state index contributed by atoms with van der Waals surface area (Å²) in [5, 5.41) is 11.1. The molecule has 4 rings (SSSR count). The van der Waals surface area contributed by atoms with E-state index in [1.165, 1.54) is 0 Å². The summed E-state index contributed by atoms with van der Waals surface area (Å²) in [5.74, 6) is -0.166. The Balaban J connectivity index is 1.56. The first-order valence-electron chi connectivity index (χ1n) is 9.20. The molecule has 0 radical (unpaired) electrons. The van der Waals surface area contributed by atoms with Crippen molar-refractivity contribution in [2.75, 3.05) is 13.1 Å². The third-order valence-electron chi connectivity index (χ3n) is 5.96. The predicted molar refractivity (Wildman–Crippen MR) is 96.9 cm³/mol. The number of fused-ring (bicyclic) bond motifs is 2. The SMILES string of the molecule is O=C(Cn1c(=O)[nH]c2ccccc2c1=O)N1CC[C@]2(O)CCCC[C@H]2C1. The Morgan fingerprint density at radius 2 is 2.04 bits per heavy atom. The Bertz CT molecular complexity index is 963. The highest BCUT2D eigenvalue weighted by atomic mass is 16.3. The molecule has 7 nitrogen and oxygen atoms in total. The van der Waals surface area contributed by atoms with E-state index in [0.717, 1.165) is 30.3 Å². The van der Waals surface area contributed by atoms with E-state index in [2.05, 4.69) is 4.98 Å². The normalized spacial score (nSPS) is 25.9. The van der Waals surface area contributed by atoms with Crippen molar-refractivity contribution < 1.29 is 9.90 Å². The number of aromatic amines is 1. The van der Waals surface area contributed by atoms with Gasteiger partial charge in [0, 0.05) is 19.0 Å². The van der Waals surface area contributed by atoms with Crippen molar-refractivity contribution in [2.45, 2.75) is 44.2 Å². The number of nitrogens with zero attached hydrogens (tertiary/aromatic N) is 2. The molecule has 1 aromatic carbocycles. The van der Waals surface area contributed by atoms with Crippen LogP contribution in [0.25, 0.3) is 10.9 Å². The van der Waals surface area contributed by atoms with E-state index >= 15 is 0 Å². The number of aliphatic hydroxyl groups is 1. The van der Waals surface area contributed by atoms with Crippen LogP contribution in [0.3, 0.4) is 0 Å². The number of rotatable bonds is 2. The first-order chi connectivity index (χ1) is 12.5. The van der Waals surface area contributed by atoms with Gasteiger partial charge in [0.05, 0.1) is 16.5 Å². The van der Waals surface area contributed by atoms with Gasteiger partial charge in [0.1, 0.15) is 6.54 Å². The van der Waals surface area contributed by atoms with Crippen LogP contribution in [0.4, 0.5) is 0 Å². The van der Waals surface area contributed by atoms with Crippen molar-refractivity contribution >= 4 is 16.8 Å². The number of likely N-dealkylation sites (tertiary alicyclic amines) is 1. The van der Waals surface area contributed by atoms with Crippen LogP contribution in [0.15, 0.2) is 33.9 Å². The zero-order chi connectivity index (χ0) is 18.3. The molecule has 1 saturated carbocycles. The summed E-state index contributed by atoms with van der Waals surface area (Å²) in [4.78, 5) is 41.9. The van der Waals surface area contributed by atoms with E-state index in [9.17, 15) is 19.5 Å². The molecule has 0 bridgehead atoms. The Morgan fingerprint density at radius 3 is 2.88 bits per heavy atom. The largest absolute Gasteiger partial charge is 0.389 e. The number of para-hydroxylation sites is 1. The third kappa shape index (κ3) is 2.86. The quantitative estimate of drug-likeness (QED) is 0.833. The standard InChI is InChI=1S/C19H23N3O4/c23-16(21-10-9-19(26)8-4-3-5-13(19)11-21)12-22-17(24)14-6-1-2-7-15(14)20-18(22)25/h1-2,6-7,13,26H,3-5,8-12H2,(H,20,25)/t13-,19+/m0/s1. The maximum Gasteiger partial charge on any atom is 0.329 e. The number of carbonyl (C=O) groups is 1. The van der Waals surface area contributed by atoms with Gasteiger partial charge in [-0.15, -0.1) is 0 Å². The van der Waals surface area contributed by atoms with Crippen LogP contribution in [-0.4, -0.2) is 44.2 Å². The minimum atomic E-state index is -0.660. The molecule has 1 aromatic heterocycles. The fourth-order valence-electron chi connectivity index (χ4n) is 4.38.